The number of ether oxygens (including phenoxy) is 1. The van der Waals surface area contributed by atoms with Gasteiger partial charge in [-0.05, 0) is 46.2 Å². The van der Waals surface area contributed by atoms with E-state index in [0.29, 0.717) is 39.5 Å². The fourth-order valence-electron chi connectivity index (χ4n) is 4.97. The molecule has 0 radical (unpaired) electrons. The molecule has 3 aromatic rings. The summed E-state index contributed by atoms with van der Waals surface area (Å²) >= 11 is 0. The zero-order valence-electron chi connectivity index (χ0n) is 22.1. The Balaban J connectivity index is 1.44. The van der Waals surface area contributed by atoms with E-state index in [9.17, 15) is 0 Å². The molecule has 0 saturated heterocycles. The molecule has 4 N–H and O–H groups in total. The van der Waals surface area contributed by atoms with Crippen LogP contribution in [-0.2, 0) is 27.1 Å². The highest BCUT2D eigenvalue weighted by Gasteiger charge is 2.29. The monoisotopic (exact) mass is 508 g/mol. The molecule has 0 aliphatic heterocycles. The maximum Gasteiger partial charge on any atom is 0.361 e. The van der Waals surface area contributed by atoms with E-state index in [4.69, 9.17) is 25.5 Å². The topological polar surface area (TPSA) is 79.7 Å². The standard InChI is InChI=1S/C31H38B2N2O3/c34-20-23-37-32(28-13-3-1-4-14-28)30-17-9-7-11-26(30)19-22-36-25-27-12-8-10-18-31(27)33(38-24-21-35)29-15-5-2-6-16-29/h1-15,17-18,29H,16,19-25,34-35H2. The summed E-state index contributed by atoms with van der Waals surface area (Å²) in [5.74, 6) is 0.281. The van der Waals surface area contributed by atoms with Crippen molar-refractivity contribution in [2.45, 2.75) is 25.3 Å². The number of allylic oxidation sites excluding steroid dienone is 4. The molecule has 0 fully saturated rings. The van der Waals surface area contributed by atoms with Crippen LogP contribution in [0.15, 0.2) is 103 Å². The third-order valence-electron chi connectivity index (χ3n) is 6.80. The van der Waals surface area contributed by atoms with Gasteiger partial charge in [0.05, 0.1) is 13.2 Å². The van der Waals surface area contributed by atoms with Crippen molar-refractivity contribution in [2.75, 3.05) is 32.9 Å². The van der Waals surface area contributed by atoms with Gasteiger partial charge in [-0.1, -0.05) is 103 Å². The van der Waals surface area contributed by atoms with Crippen LogP contribution < -0.4 is 27.9 Å². The Bertz CT molecular complexity index is 1170. The molecule has 196 valence electrons. The predicted molar refractivity (Wildman–Crippen MR) is 160 cm³/mol. The summed E-state index contributed by atoms with van der Waals surface area (Å²) in [5, 5.41) is 0. The summed E-state index contributed by atoms with van der Waals surface area (Å²) in [6.07, 6.45) is 10.4. The van der Waals surface area contributed by atoms with E-state index in [2.05, 4.69) is 85.0 Å². The van der Waals surface area contributed by atoms with Crippen LogP contribution >= 0.6 is 0 Å². The van der Waals surface area contributed by atoms with Gasteiger partial charge in [0.2, 0.25) is 0 Å². The Hall–Kier alpha value is -2.93. The summed E-state index contributed by atoms with van der Waals surface area (Å²) in [5.41, 5.74) is 17.4. The summed E-state index contributed by atoms with van der Waals surface area (Å²) < 4.78 is 18.7. The lowest BCUT2D eigenvalue weighted by Gasteiger charge is -2.24. The van der Waals surface area contributed by atoms with Crippen molar-refractivity contribution < 1.29 is 14.0 Å². The molecule has 0 saturated carbocycles. The lowest BCUT2D eigenvalue weighted by atomic mass is 9.48. The quantitative estimate of drug-likeness (QED) is 0.244. The van der Waals surface area contributed by atoms with Gasteiger partial charge in [0.1, 0.15) is 0 Å². The van der Waals surface area contributed by atoms with Gasteiger partial charge in [-0.2, -0.15) is 0 Å². The van der Waals surface area contributed by atoms with Crippen LogP contribution in [0, 0.1) is 0 Å². The first-order chi connectivity index (χ1) is 18.8. The summed E-state index contributed by atoms with van der Waals surface area (Å²) in [4.78, 5) is 0. The second-order valence-corrected chi connectivity index (χ2v) is 9.44. The molecular weight excluding hydrogens is 470 g/mol. The van der Waals surface area contributed by atoms with Crippen molar-refractivity contribution in [1.82, 2.24) is 0 Å². The normalized spacial score (nSPS) is 14.5. The SMILES string of the molecule is NCCOB(c1ccccc1)c1ccccc1CCOCc1ccccc1B(OCCN)C1C=CC=CC1. The largest absolute Gasteiger partial charge is 0.429 e. The predicted octanol–water partition coefficient (Wildman–Crippen LogP) is 2.59. The number of hydrogen-bond donors (Lipinski definition) is 2. The Morgan fingerprint density at radius 2 is 1.39 bits per heavy atom. The maximum absolute atomic E-state index is 6.26. The number of nitrogens with two attached hydrogens (primary N) is 2. The third-order valence-corrected chi connectivity index (χ3v) is 6.80. The molecule has 1 atom stereocenters. The Morgan fingerprint density at radius 1 is 0.711 bits per heavy atom. The van der Waals surface area contributed by atoms with Gasteiger partial charge >= 0.3 is 13.8 Å². The minimum absolute atomic E-state index is 0.0494. The first kappa shape index (κ1) is 28.1. The van der Waals surface area contributed by atoms with E-state index in [-0.39, 0.29) is 19.6 Å². The van der Waals surface area contributed by atoms with E-state index < -0.39 is 0 Å². The van der Waals surface area contributed by atoms with E-state index in [1.54, 1.807) is 0 Å². The average molecular weight is 508 g/mol. The smallest absolute Gasteiger partial charge is 0.361 e. The van der Waals surface area contributed by atoms with Crippen molar-refractivity contribution in [3.63, 3.8) is 0 Å². The summed E-state index contributed by atoms with van der Waals surface area (Å²) in [6, 6.07) is 27.2. The lowest BCUT2D eigenvalue weighted by molar-refractivity contribution is 0.124. The van der Waals surface area contributed by atoms with Gasteiger partial charge in [-0.15, -0.1) is 0 Å². The second kappa shape index (κ2) is 15.5. The van der Waals surface area contributed by atoms with Gasteiger partial charge in [-0.3, -0.25) is 0 Å². The molecule has 1 unspecified atom stereocenters. The molecule has 3 aromatic carbocycles. The van der Waals surface area contributed by atoms with E-state index in [1.807, 2.05) is 18.2 Å². The van der Waals surface area contributed by atoms with E-state index in [0.717, 1.165) is 29.3 Å². The van der Waals surface area contributed by atoms with Gasteiger partial charge in [-0.25, -0.2) is 0 Å². The molecule has 38 heavy (non-hydrogen) atoms. The molecule has 5 nitrogen and oxygen atoms in total. The molecule has 1 aliphatic carbocycles. The fraction of sp³-hybridized carbons (Fsp3) is 0.290. The van der Waals surface area contributed by atoms with Crippen LogP contribution in [-0.4, -0.2) is 46.7 Å². The molecule has 4 rings (SSSR count). The fourth-order valence-corrected chi connectivity index (χ4v) is 4.97. The second-order valence-electron chi connectivity index (χ2n) is 9.44. The lowest BCUT2D eigenvalue weighted by Crippen LogP contribution is -2.47. The van der Waals surface area contributed by atoms with Crippen LogP contribution in [0.2, 0.25) is 5.82 Å². The highest BCUT2D eigenvalue weighted by atomic mass is 16.5. The van der Waals surface area contributed by atoms with Crippen LogP contribution in [0.4, 0.5) is 0 Å². The number of hydrogen-bond acceptors (Lipinski definition) is 5. The molecule has 1 aliphatic rings. The van der Waals surface area contributed by atoms with Crippen molar-refractivity contribution in [3.8, 4) is 0 Å². The van der Waals surface area contributed by atoms with Crippen LogP contribution in [0.25, 0.3) is 0 Å². The van der Waals surface area contributed by atoms with Gasteiger partial charge in [0, 0.05) is 26.3 Å². The summed E-state index contributed by atoms with van der Waals surface area (Å²) in [7, 11) is 0. The van der Waals surface area contributed by atoms with Crippen LogP contribution in [0.3, 0.4) is 0 Å². The van der Waals surface area contributed by atoms with Crippen LogP contribution in [0.1, 0.15) is 17.5 Å². The zero-order valence-corrected chi connectivity index (χ0v) is 22.1. The molecule has 0 amide bonds. The van der Waals surface area contributed by atoms with Crippen molar-refractivity contribution in [1.29, 1.82) is 0 Å². The molecule has 0 heterocycles. The highest BCUT2D eigenvalue weighted by molar-refractivity contribution is 6.80. The van der Waals surface area contributed by atoms with Gasteiger partial charge in [0.25, 0.3) is 0 Å². The highest BCUT2D eigenvalue weighted by Crippen LogP contribution is 2.23. The van der Waals surface area contributed by atoms with Crippen molar-refractivity contribution in [3.05, 3.63) is 114 Å². The van der Waals surface area contributed by atoms with Gasteiger partial charge in [0.15, 0.2) is 0 Å². The minimum atomic E-state index is -0.158. The molecule has 0 aromatic heterocycles. The number of benzene rings is 3. The number of rotatable bonds is 15. The minimum Gasteiger partial charge on any atom is -0.429 e. The van der Waals surface area contributed by atoms with E-state index in [1.165, 1.54) is 11.0 Å². The average Bonchev–Trinajstić information content (AvgIpc) is 2.98. The maximum atomic E-state index is 6.26. The van der Waals surface area contributed by atoms with Crippen LogP contribution in [0.5, 0.6) is 0 Å². The molecule has 0 bridgehead atoms. The Kier molecular flexibility index (Phi) is 11.4. The first-order valence-corrected chi connectivity index (χ1v) is 13.6. The molecular formula is C31H38B2N2O3. The Labute approximate surface area is 228 Å². The first-order valence-electron chi connectivity index (χ1n) is 13.6. The van der Waals surface area contributed by atoms with Crippen molar-refractivity contribution >= 4 is 30.2 Å². The zero-order chi connectivity index (χ0) is 26.4. The van der Waals surface area contributed by atoms with Crippen molar-refractivity contribution in [2.24, 2.45) is 11.5 Å². The molecule has 7 heteroatoms. The molecule has 0 spiro atoms. The summed E-state index contributed by atoms with van der Waals surface area (Å²) in [6.45, 7) is 2.93. The van der Waals surface area contributed by atoms with E-state index >= 15 is 0 Å². The third kappa shape index (κ3) is 7.79. The Morgan fingerprint density at radius 3 is 2.13 bits per heavy atom. The van der Waals surface area contributed by atoms with Gasteiger partial charge < -0.3 is 25.5 Å².